The van der Waals surface area contributed by atoms with Gasteiger partial charge >= 0.3 is 0 Å². The fourth-order valence-electron chi connectivity index (χ4n) is 3.08. The van der Waals surface area contributed by atoms with E-state index in [0.717, 1.165) is 5.56 Å². The molecule has 5 N–H and O–H groups in total. The van der Waals surface area contributed by atoms with Crippen molar-refractivity contribution >= 4 is 0 Å². The minimum absolute atomic E-state index is 0.0261. The van der Waals surface area contributed by atoms with Crippen molar-refractivity contribution < 1.29 is 25.5 Å². The minimum Gasteiger partial charge on any atom is -0.508 e. The minimum atomic E-state index is -0.561. The summed E-state index contributed by atoms with van der Waals surface area (Å²) in [6.45, 7) is 3.20. The van der Waals surface area contributed by atoms with Gasteiger partial charge in [-0.2, -0.15) is 0 Å². The van der Waals surface area contributed by atoms with Gasteiger partial charge in [-0.3, -0.25) is 0 Å². The lowest BCUT2D eigenvalue weighted by molar-refractivity contribution is 0.432. The molecule has 0 aliphatic heterocycles. The molecule has 0 atom stereocenters. The van der Waals surface area contributed by atoms with Crippen molar-refractivity contribution in [2.75, 3.05) is 0 Å². The van der Waals surface area contributed by atoms with Crippen LogP contribution in [0.2, 0.25) is 0 Å². The number of rotatable bonds is 3. The molecule has 26 heavy (non-hydrogen) atoms. The largest absolute Gasteiger partial charge is 0.508 e. The summed E-state index contributed by atoms with van der Waals surface area (Å²) < 4.78 is 0. The lowest BCUT2D eigenvalue weighted by Crippen LogP contribution is -2.05. The van der Waals surface area contributed by atoms with Crippen molar-refractivity contribution in [1.82, 2.24) is 0 Å². The SMILES string of the molecule is Cc1c(O)ccc(C(c2ccc(O)cc2)c2ccc(O)c(C)c2O)c1O. The molecule has 3 aromatic carbocycles. The fourth-order valence-corrected chi connectivity index (χ4v) is 3.08. The molecule has 0 saturated heterocycles. The van der Waals surface area contributed by atoms with Crippen LogP contribution in [0.3, 0.4) is 0 Å². The average Bonchev–Trinajstić information content (AvgIpc) is 2.63. The summed E-state index contributed by atoms with van der Waals surface area (Å²) in [5.74, 6) is -0.663. The molecule has 0 unspecified atom stereocenters. The first-order chi connectivity index (χ1) is 12.3. The Labute approximate surface area is 151 Å². The van der Waals surface area contributed by atoms with Crippen molar-refractivity contribution in [1.29, 1.82) is 0 Å². The second-order valence-corrected chi connectivity index (χ2v) is 6.32. The van der Waals surface area contributed by atoms with Gasteiger partial charge in [-0.1, -0.05) is 24.3 Å². The zero-order chi connectivity index (χ0) is 19.0. The zero-order valence-corrected chi connectivity index (χ0v) is 14.4. The third kappa shape index (κ3) is 2.88. The highest BCUT2D eigenvalue weighted by molar-refractivity contribution is 5.60. The van der Waals surface area contributed by atoms with Gasteiger partial charge < -0.3 is 25.5 Å². The van der Waals surface area contributed by atoms with Crippen molar-refractivity contribution in [2.45, 2.75) is 19.8 Å². The molecule has 0 radical (unpaired) electrons. The molecule has 5 nitrogen and oxygen atoms in total. The van der Waals surface area contributed by atoms with Gasteiger partial charge in [-0.15, -0.1) is 0 Å². The van der Waals surface area contributed by atoms with E-state index in [4.69, 9.17) is 0 Å². The lowest BCUT2D eigenvalue weighted by Gasteiger charge is -2.23. The molecule has 0 fully saturated rings. The molecular weight excluding hydrogens is 332 g/mol. The van der Waals surface area contributed by atoms with Gasteiger partial charge in [0.1, 0.15) is 28.7 Å². The van der Waals surface area contributed by atoms with E-state index in [9.17, 15) is 25.5 Å². The normalized spacial score (nSPS) is 11.0. The highest BCUT2D eigenvalue weighted by atomic mass is 16.3. The van der Waals surface area contributed by atoms with Crippen molar-refractivity contribution in [3.05, 3.63) is 76.3 Å². The van der Waals surface area contributed by atoms with Crippen LogP contribution >= 0.6 is 0 Å². The molecule has 3 aromatic rings. The van der Waals surface area contributed by atoms with Crippen LogP contribution in [0.1, 0.15) is 33.7 Å². The first-order valence-electron chi connectivity index (χ1n) is 8.13. The van der Waals surface area contributed by atoms with Gasteiger partial charge in [0.25, 0.3) is 0 Å². The summed E-state index contributed by atoms with van der Waals surface area (Å²) in [4.78, 5) is 0. The Kier molecular flexibility index (Phi) is 4.38. The summed E-state index contributed by atoms with van der Waals surface area (Å²) in [5, 5.41) is 50.5. The van der Waals surface area contributed by atoms with Crippen LogP contribution in [-0.2, 0) is 0 Å². The Bertz CT molecular complexity index is 904. The van der Waals surface area contributed by atoms with E-state index >= 15 is 0 Å². The van der Waals surface area contributed by atoms with E-state index in [1.54, 1.807) is 38.1 Å². The molecule has 0 aliphatic carbocycles. The van der Waals surface area contributed by atoms with Gasteiger partial charge in [-0.05, 0) is 43.7 Å². The Hall–Kier alpha value is -3.34. The van der Waals surface area contributed by atoms with Crippen molar-refractivity contribution in [2.24, 2.45) is 0 Å². The van der Waals surface area contributed by atoms with Crippen LogP contribution in [0.5, 0.6) is 28.7 Å². The van der Waals surface area contributed by atoms with Gasteiger partial charge in [0.15, 0.2) is 0 Å². The molecule has 3 rings (SSSR count). The number of phenols is 5. The molecule has 0 bridgehead atoms. The summed E-state index contributed by atoms with van der Waals surface area (Å²) >= 11 is 0. The van der Waals surface area contributed by atoms with Gasteiger partial charge in [0, 0.05) is 28.2 Å². The third-order valence-electron chi connectivity index (χ3n) is 4.72. The van der Waals surface area contributed by atoms with E-state index in [0.29, 0.717) is 22.3 Å². The molecule has 0 aliphatic rings. The van der Waals surface area contributed by atoms with E-state index in [1.807, 2.05) is 0 Å². The van der Waals surface area contributed by atoms with E-state index < -0.39 is 5.92 Å². The Morgan fingerprint density at radius 3 is 1.42 bits per heavy atom. The average molecular weight is 352 g/mol. The molecular formula is C21H20O5. The molecule has 0 saturated carbocycles. The summed E-state index contributed by atoms with van der Waals surface area (Å²) in [6, 6.07) is 12.6. The summed E-state index contributed by atoms with van der Waals surface area (Å²) in [7, 11) is 0. The van der Waals surface area contributed by atoms with Crippen LogP contribution in [0, 0.1) is 13.8 Å². The highest BCUT2D eigenvalue weighted by Gasteiger charge is 2.25. The second kappa shape index (κ2) is 6.52. The number of phenolic OH excluding ortho intramolecular Hbond substituents is 5. The predicted octanol–water partition coefficient (Wildman–Crippen LogP) is 4.01. The van der Waals surface area contributed by atoms with Crippen molar-refractivity contribution in [3.8, 4) is 28.7 Å². The maximum Gasteiger partial charge on any atom is 0.126 e. The van der Waals surface area contributed by atoms with E-state index in [1.165, 1.54) is 24.3 Å². The van der Waals surface area contributed by atoms with Crippen LogP contribution in [-0.4, -0.2) is 25.5 Å². The molecule has 5 heteroatoms. The standard InChI is InChI=1S/C21H20O5/c1-11-17(23)9-7-15(20(11)25)19(13-3-5-14(22)6-4-13)16-8-10-18(24)12(2)21(16)26/h3-10,19,22-26H,1-2H3. The molecule has 0 aromatic heterocycles. The smallest absolute Gasteiger partial charge is 0.126 e. The summed E-state index contributed by atoms with van der Waals surface area (Å²) in [5.41, 5.74) is 2.38. The molecule has 134 valence electrons. The van der Waals surface area contributed by atoms with Crippen LogP contribution in [0.4, 0.5) is 0 Å². The van der Waals surface area contributed by atoms with Crippen LogP contribution < -0.4 is 0 Å². The highest BCUT2D eigenvalue weighted by Crippen LogP contribution is 2.45. The molecule has 0 spiro atoms. The maximum absolute atomic E-state index is 10.6. The van der Waals surface area contributed by atoms with Crippen molar-refractivity contribution in [3.63, 3.8) is 0 Å². The molecule has 0 amide bonds. The predicted molar refractivity (Wildman–Crippen MR) is 98.1 cm³/mol. The zero-order valence-electron chi connectivity index (χ0n) is 14.4. The number of benzene rings is 3. The van der Waals surface area contributed by atoms with Gasteiger partial charge in [0.2, 0.25) is 0 Å². The van der Waals surface area contributed by atoms with Gasteiger partial charge in [0.05, 0.1) is 0 Å². The first-order valence-corrected chi connectivity index (χ1v) is 8.13. The topological polar surface area (TPSA) is 101 Å². The van der Waals surface area contributed by atoms with E-state index in [-0.39, 0.29) is 28.7 Å². The Morgan fingerprint density at radius 1 is 0.577 bits per heavy atom. The Balaban J connectivity index is 2.30. The maximum atomic E-state index is 10.6. The number of aromatic hydroxyl groups is 5. The monoisotopic (exact) mass is 352 g/mol. The second-order valence-electron chi connectivity index (χ2n) is 6.32. The third-order valence-corrected chi connectivity index (χ3v) is 4.72. The quantitative estimate of drug-likeness (QED) is 0.459. The van der Waals surface area contributed by atoms with Gasteiger partial charge in [-0.25, -0.2) is 0 Å². The first kappa shape index (κ1) is 17.5. The molecule has 0 heterocycles. The number of hydrogen-bond acceptors (Lipinski definition) is 5. The summed E-state index contributed by atoms with van der Waals surface area (Å²) in [6.07, 6.45) is 0. The van der Waals surface area contributed by atoms with Crippen LogP contribution in [0.15, 0.2) is 48.5 Å². The Morgan fingerprint density at radius 2 is 1.00 bits per heavy atom. The number of hydrogen-bond donors (Lipinski definition) is 5. The van der Waals surface area contributed by atoms with E-state index in [2.05, 4.69) is 0 Å². The lowest BCUT2D eigenvalue weighted by atomic mass is 9.82. The fraction of sp³-hybridized carbons (Fsp3) is 0.143. The van der Waals surface area contributed by atoms with Crippen LogP contribution in [0.25, 0.3) is 0 Å².